The second kappa shape index (κ2) is 7.86. The van der Waals surface area contributed by atoms with Gasteiger partial charge in [-0.05, 0) is 41.6 Å². The fourth-order valence-corrected chi connectivity index (χ4v) is 2.14. The fourth-order valence-electron chi connectivity index (χ4n) is 2.14. The van der Waals surface area contributed by atoms with Gasteiger partial charge in [-0.2, -0.15) is 0 Å². The number of nitrogens with two attached hydrogens (primary N) is 1. The van der Waals surface area contributed by atoms with E-state index in [9.17, 15) is 4.79 Å². The third kappa shape index (κ3) is 3.65. The Morgan fingerprint density at radius 1 is 0.864 bits per heavy atom. The summed E-state index contributed by atoms with van der Waals surface area (Å²) in [5.74, 6) is 0. The number of fused-ring (bicyclic) bond motifs is 1. The summed E-state index contributed by atoms with van der Waals surface area (Å²) in [5, 5.41) is 2.39. The normalized spacial score (nSPS) is 10.3. The van der Waals surface area contributed by atoms with E-state index in [1.165, 1.54) is 17.8 Å². The van der Waals surface area contributed by atoms with Crippen molar-refractivity contribution < 1.29 is 4.79 Å². The molecule has 0 amide bonds. The molecule has 3 nitrogen and oxygen atoms in total. The van der Waals surface area contributed by atoms with Crippen LogP contribution >= 0.6 is 0 Å². The molecule has 0 unspecified atom stereocenters. The molecule has 0 heterocycles. The summed E-state index contributed by atoms with van der Waals surface area (Å²) in [6, 6.07) is 21.7. The predicted octanol–water partition coefficient (Wildman–Crippen LogP) is 3.98. The number of hydrogen-bond acceptors (Lipinski definition) is 3. The van der Waals surface area contributed by atoms with E-state index in [1.54, 1.807) is 12.3 Å². The number of aldehydes is 1. The molecular weight excluding hydrogens is 272 g/mol. The molecule has 0 fully saturated rings. The highest BCUT2D eigenvalue weighted by Crippen LogP contribution is 2.18. The maximum absolute atomic E-state index is 10.9. The Kier molecular flexibility index (Phi) is 5.57. The Morgan fingerprint density at radius 3 is 2.32 bits per heavy atom. The zero-order valence-electron chi connectivity index (χ0n) is 12.4. The quantitative estimate of drug-likeness (QED) is 0.586. The van der Waals surface area contributed by atoms with Gasteiger partial charge in [-0.3, -0.25) is 9.79 Å². The Morgan fingerprint density at radius 2 is 1.55 bits per heavy atom. The lowest BCUT2D eigenvalue weighted by atomic mass is 10.1. The van der Waals surface area contributed by atoms with Crippen LogP contribution in [0, 0.1) is 0 Å². The topological polar surface area (TPSA) is 55.5 Å². The summed E-state index contributed by atoms with van der Waals surface area (Å²) in [6.45, 7) is 0. The van der Waals surface area contributed by atoms with Gasteiger partial charge in [-0.25, -0.2) is 0 Å². The van der Waals surface area contributed by atoms with Crippen LogP contribution in [0.15, 0.2) is 71.7 Å². The maximum atomic E-state index is 10.9. The number of carbonyl (C=O) groups excluding carboxylic acids is 1. The smallest absolute Gasteiger partial charge is 0.152 e. The van der Waals surface area contributed by atoms with Gasteiger partial charge in [-0.15, -0.1) is 0 Å². The first-order valence-corrected chi connectivity index (χ1v) is 7.01. The van der Waals surface area contributed by atoms with Crippen LogP contribution in [0.4, 0.5) is 5.69 Å². The molecule has 0 radical (unpaired) electrons. The van der Waals surface area contributed by atoms with Crippen molar-refractivity contribution in [2.75, 3.05) is 7.05 Å². The molecular formula is C19H18N2O. The molecule has 0 aliphatic heterocycles. The molecule has 0 aliphatic rings. The highest BCUT2D eigenvalue weighted by atomic mass is 16.1. The largest absolute Gasteiger partial charge is 0.333 e. The summed E-state index contributed by atoms with van der Waals surface area (Å²) in [7, 11) is 1.50. The number of rotatable bonds is 3. The third-order valence-corrected chi connectivity index (χ3v) is 3.19. The zero-order valence-corrected chi connectivity index (χ0v) is 12.4. The van der Waals surface area contributed by atoms with E-state index >= 15 is 0 Å². The second-order valence-corrected chi connectivity index (χ2v) is 4.54. The standard InChI is InChI=1S/C18H13NO.CH5N/c20-13-17-7-3-4-8-18(17)19-12-14-9-10-15-5-1-2-6-16(15)11-14;1-2/h1-13H;2H2,1H3. The maximum Gasteiger partial charge on any atom is 0.152 e. The molecule has 3 aromatic rings. The summed E-state index contributed by atoms with van der Waals surface area (Å²) in [5.41, 5.74) is 6.81. The predicted molar refractivity (Wildman–Crippen MR) is 93.1 cm³/mol. The van der Waals surface area contributed by atoms with Crippen LogP contribution in [0.2, 0.25) is 0 Å². The highest BCUT2D eigenvalue weighted by molar-refractivity contribution is 5.92. The molecule has 22 heavy (non-hydrogen) atoms. The Hall–Kier alpha value is -2.78. The van der Waals surface area contributed by atoms with E-state index < -0.39 is 0 Å². The molecule has 0 atom stereocenters. The van der Waals surface area contributed by atoms with Crippen LogP contribution in [-0.2, 0) is 0 Å². The van der Waals surface area contributed by atoms with Crippen LogP contribution in [0.3, 0.4) is 0 Å². The molecule has 3 aromatic carbocycles. The summed E-state index contributed by atoms with van der Waals surface area (Å²) in [4.78, 5) is 15.3. The van der Waals surface area contributed by atoms with Crippen molar-refractivity contribution in [1.82, 2.24) is 0 Å². The van der Waals surface area contributed by atoms with Crippen LogP contribution in [-0.4, -0.2) is 19.5 Å². The van der Waals surface area contributed by atoms with Crippen molar-refractivity contribution >= 4 is 29.0 Å². The zero-order chi connectivity index (χ0) is 15.8. The first-order valence-electron chi connectivity index (χ1n) is 7.01. The Balaban J connectivity index is 0.000000847. The van der Waals surface area contributed by atoms with Gasteiger partial charge in [0.25, 0.3) is 0 Å². The first kappa shape index (κ1) is 15.6. The first-order chi connectivity index (χ1) is 10.9. The monoisotopic (exact) mass is 290 g/mol. The van der Waals surface area contributed by atoms with Crippen molar-refractivity contribution in [3.8, 4) is 0 Å². The van der Waals surface area contributed by atoms with Crippen molar-refractivity contribution in [2.24, 2.45) is 10.7 Å². The molecule has 0 aliphatic carbocycles. The summed E-state index contributed by atoms with van der Waals surface area (Å²) in [6.07, 6.45) is 2.61. The van der Waals surface area contributed by atoms with E-state index in [2.05, 4.69) is 35.0 Å². The van der Waals surface area contributed by atoms with Gasteiger partial charge < -0.3 is 5.73 Å². The Bertz CT molecular complexity index is 794. The number of nitrogens with zero attached hydrogens (tertiary/aromatic N) is 1. The van der Waals surface area contributed by atoms with Gasteiger partial charge in [0, 0.05) is 11.8 Å². The van der Waals surface area contributed by atoms with E-state index in [0.29, 0.717) is 11.3 Å². The second-order valence-electron chi connectivity index (χ2n) is 4.54. The van der Waals surface area contributed by atoms with Crippen LogP contribution in [0.5, 0.6) is 0 Å². The molecule has 0 saturated heterocycles. The number of benzene rings is 3. The lowest BCUT2D eigenvalue weighted by Gasteiger charge is -2.00. The molecule has 0 bridgehead atoms. The number of hydrogen-bond donors (Lipinski definition) is 1. The lowest BCUT2D eigenvalue weighted by molar-refractivity contribution is 0.112. The van der Waals surface area contributed by atoms with E-state index in [-0.39, 0.29) is 0 Å². The molecule has 3 heteroatoms. The SMILES string of the molecule is CN.O=Cc1ccccc1N=Cc1ccc2ccccc2c1. The minimum Gasteiger partial charge on any atom is -0.333 e. The van der Waals surface area contributed by atoms with Crippen LogP contribution in [0.25, 0.3) is 10.8 Å². The minimum atomic E-state index is 0.601. The third-order valence-electron chi connectivity index (χ3n) is 3.19. The number of carbonyl (C=O) groups is 1. The van der Waals surface area contributed by atoms with Crippen molar-refractivity contribution in [2.45, 2.75) is 0 Å². The van der Waals surface area contributed by atoms with E-state index in [0.717, 1.165) is 11.8 Å². The number of aliphatic imine (C=N–C) groups is 1. The highest BCUT2D eigenvalue weighted by Gasteiger charge is 1.98. The van der Waals surface area contributed by atoms with Gasteiger partial charge in [0.15, 0.2) is 6.29 Å². The molecule has 3 rings (SSSR count). The van der Waals surface area contributed by atoms with Crippen LogP contribution < -0.4 is 5.73 Å². The van der Waals surface area contributed by atoms with Gasteiger partial charge >= 0.3 is 0 Å². The lowest BCUT2D eigenvalue weighted by Crippen LogP contribution is -1.83. The van der Waals surface area contributed by atoms with Gasteiger partial charge in [0.1, 0.15) is 0 Å². The summed E-state index contributed by atoms with van der Waals surface area (Å²) >= 11 is 0. The molecule has 2 N–H and O–H groups in total. The van der Waals surface area contributed by atoms with E-state index in [4.69, 9.17) is 0 Å². The van der Waals surface area contributed by atoms with Crippen LogP contribution in [0.1, 0.15) is 15.9 Å². The van der Waals surface area contributed by atoms with Crippen molar-refractivity contribution in [3.63, 3.8) is 0 Å². The molecule has 110 valence electrons. The summed E-state index contributed by atoms with van der Waals surface area (Å²) < 4.78 is 0. The van der Waals surface area contributed by atoms with Gasteiger partial charge in [0.05, 0.1) is 5.69 Å². The van der Waals surface area contributed by atoms with Crippen molar-refractivity contribution in [1.29, 1.82) is 0 Å². The average Bonchev–Trinajstić information content (AvgIpc) is 2.61. The Labute approximate surface area is 130 Å². The van der Waals surface area contributed by atoms with E-state index in [1.807, 2.05) is 36.4 Å². The molecule has 0 aromatic heterocycles. The van der Waals surface area contributed by atoms with Gasteiger partial charge in [0.2, 0.25) is 0 Å². The van der Waals surface area contributed by atoms with Gasteiger partial charge in [-0.1, -0.05) is 48.5 Å². The molecule has 0 saturated carbocycles. The van der Waals surface area contributed by atoms with Crippen molar-refractivity contribution in [3.05, 3.63) is 77.9 Å². The average molecular weight is 290 g/mol. The minimum absolute atomic E-state index is 0.601. The molecule has 0 spiro atoms. The number of para-hydroxylation sites is 1. The fraction of sp³-hybridized carbons (Fsp3) is 0.0526.